The van der Waals surface area contributed by atoms with Gasteiger partial charge in [0.05, 0.1) is 7.11 Å². The Morgan fingerprint density at radius 2 is 2.06 bits per heavy atom. The minimum atomic E-state index is -0.289. The standard InChI is InChI=1S/C12H17NO2S/c1-8-9(2)11(15-3)5-4-10(8)6-7-13-12(14)16/h4-5H,6-7H2,1-3H3,(H2,13,14,16). The maximum atomic E-state index is 10.6. The van der Waals surface area contributed by atoms with Crippen LogP contribution in [0.4, 0.5) is 4.79 Å². The van der Waals surface area contributed by atoms with Gasteiger partial charge in [-0.05, 0) is 43.0 Å². The summed E-state index contributed by atoms with van der Waals surface area (Å²) in [6, 6.07) is 3.99. The Morgan fingerprint density at radius 1 is 1.38 bits per heavy atom. The van der Waals surface area contributed by atoms with Crippen LogP contribution in [0.3, 0.4) is 0 Å². The molecular formula is C12H17NO2S. The van der Waals surface area contributed by atoms with Crippen molar-refractivity contribution in [3.63, 3.8) is 0 Å². The largest absolute Gasteiger partial charge is 0.496 e. The quantitative estimate of drug-likeness (QED) is 0.792. The highest BCUT2D eigenvalue weighted by Gasteiger charge is 2.06. The molecule has 4 heteroatoms. The first-order valence-corrected chi connectivity index (χ1v) is 5.61. The number of methoxy groups -OCH3 is 1. The number of amides is 1. The molecule has 0 spiro atoms. The first kappa shape index (κ1) is 12.9. The van der Waals surface area contributed by atoms with Crippen LogP contribution in [0.1, 0.15) is 16.7 Å². The van der Waals surface area contributed by atoms with Crippen LogP contribution in [0.25, 0.3) is 0 Å². The maximum absolute atomic E-state index is 10.6. The fourth-order valence-corrected chi connectivity index (χ4v) is 1.76. The summed E-state index contributed by atoms with van der Waals surface area (Å²) in [5.41, 5.74) is 3.59. The Hall–Kier alpha value is -1.16. The zero-order chi connectivity index (χ0) is 12.1. The molecule has 0 radical (unpaired) electrons. The fourth-order valence-electron chi connectivity index (χ4n) is 1.65. The summed E-state index contributed by atoms with van der Waals surface area (Å²) in [6.45, 7) is 4.71. The van der Waals surface area contributed by atoms with Crippen LogP contribution in [0.5, 0.6) is 5.75 Å². The fraction of sp³-hybridized carbons (Fsp3) is 0.417. The molecule has 0 aliphatic carbocycles. The monoisotopic (exact) mass is 239 g/mol. The van der Waals surface area contributed by atoms with Gasteiger partial charge in [0.15, 0.2) is 0 Å². The summed E-state index contributed by atoms with van der Waals surface area (Å²) in [7, 11) is 1.67. The third-order valence-electron chi connectivity index (χ3n) is 2.74. The second-order valence-corrected chi connectivity index (χ2v) is 4.07. The Morgan fingerprint density at radius 3 is 2.62 bits per heavy atom. The highest BCUT2D eigenvalue weighted by molar-refractivity contribution is 7.96. The number of rotatable bonds is 4. The van der Waals surface area contributed by atoms with E-state index in [0.717, 1.165) is 17.7 Å². The molecule has 1 rings (SSSR count). The van der Waals surface area contributed by atoms with E-state index in [9.17, 15) is 4.79 Å². The van der Waals surface area contributed by atoms with Crippen LogP contribution in [-0.2, 0) is 6.42 Å². The summed E-state index contributed by atoms with van der Waals surface area (Å²) in [4.78, 5) is 10.6. The van der Waals surface area contributed by atoms with Gasteiger partial charge in [-0.1, -0.05) is 18.7 Å². The van der Waals surface area contributed by atoms with E-state index >= 15 is 0 Å². The van der Waals surface area contributed by atoms with Gasteiger partial charge in [-0.3, -0.25) is 4.79 Å². The van der Waals surface area contributed by atoms with E-state index in [1.165, 1.54) is 11.1 Å². The van der Waals surface area contributed by atoms with Crippen molar-refractivity contribution in [2.75, 3.05) is 13.7 Å². The van der Waals surface area contributed by atoms with Crippen molar-refractivity contribution in [3.05, 3.63) is 28.8 Å². The van der Waals surface area contributed by atoms with E-state index in [0.29, 0.717) is 6.54 Å². The average Bonchev–Trinajstić information content (AvgIpc) is 2.24. The number of benzene rings is 1. The average molecular weight is 239 g/mol. The van der Waals surface area contributed by atoms with Crippen LogP contribution in [-0.4, -0.2) is 18.9 Å². The summed E-state index contributed by atoms with van der Waals surface area (Å²) in [5, 5.41) is 2.37. The molecule has 1 amide bonds. The minimum absolute atomic E-state index is 0.289. The Labute approximate surface area is 102 Å². The second kappa shape index (κ2) is 5.80. The molecule has 1 N–H and O–H groups in total. The lowest BCUT2D eigenvalue weighted by molar-refractivity contribution is 0.261. The number of hydrogen-bond donors (Lipinski definition) is 2. The summed E-state index contributed by atoms with van der Waals surface area (Å²) >= 11 is 3.65. The molecule has 3 nitrogen and oxygen atoms in total. The molecule has 1 aromatic rings. The third kappa shape index (κ3) is 3.17. The van der Waals surface area contributed by atoms with Crippen LogP contribution in [0, 0.1) is 13.8 Å². The van der Waals surface area contributed by atoms with Crippen molar-refractivity contribution in [2.45, 2.75) is 20.3 Å². The van der Waals surface area contributed by atoms with E-state index in [-0.39, 0.29) is 5.24 Å². The molecule has 88 valence electrons. The van der Waals surface area contributed by atoms with Gasteiger partial charge in [0.25, 0.3) is 5.24 Å². The van der Waals surface area contributed by atoms with Crippen LogP contribution in [0.15, 0.2) is 12.1 Å². The van der Waals surface area contributed by atoms with Gasteiger partial charge in [-0.2, -0.15) is 0 Å². The number of carbonyl (C=O) groups is 1. The minimum Gasteiger partial charge on any atom is -0.496 e. The molecule has 0 aromatic heterocycles. The van der Waals surface area contributed by atoms with Gasteiger partial charge in [-0.25, -0.2) is 0 Å². The third-order valence-corrected chi connectivity index (χ3v) is 2.90. The molecule has 0 heterocycles. The number of hydrogen-bond acceptors (Lipinski definition) is 2. The summed E-state index contributed by atoms with van der Waals surface area (Å²) in [5.74, 6) is 0.902. The number of ether oxygens (including phenoxy) is 1. The molecule has 0 unspecified atom stereocenters. The van der Waals surface area contributed by atoms with Crippen molar-refractivity contribution in [1.82, 2.24) is 5.32 Å². The molecule has 1 aromatic carbocycles. The lowest BCUT2D eigenvalue weighted by atomic mass is 10.00. The summed E-state index contributed by atoms with van der Waals surface area (Å²) < 4.78 is 5.24. The Balaban J connectivity index is 2.74. The van der Waals surface area contributed by atoms with E-state index in [2.05, 4.69) is 24.9 Å². The predicted molar refractivity (Wildman–Crippen MR) is 68.6 cm³/mol. The van der Waals surface area contributed by atoms with Gasteiger partial charge in [0.1, 0.15) is 5.75 Å². The molecule has 0 fully saturated rings. The van der Waals surface area contributed by atoms with Gasteiger partial charge < -0.3 is 10.1 Å². The van der Waals surface area contributed by atoms with E-state index in [4.69, 9.17) is 4.74 Å². The molecular weight excluding hydrogens is 222 g/mol. The lowest BCUT2D eigenvalue weighted by Crippen LogP contribution is -2.19. The first-order chi connectivity index (χ1) is 7.56. The van der Waals surface area contributed by atoms with Crippen LogP contribution >= 0.6 is 12.6 Å². The lowest BCUT2D eigenvalue weighted by Gasteiger charge is -2.12. The van der Waals surface area contributed by atoms with Gasteiger partial charge >= 0.3 is 0 Å². The van der Waals surface area contributed by atoms with E-state index in [1.807, 2.05) is 19.1 Å². The van der Waals surface area contributed by atoms with Gasteiger partial charge in [-0.15, -0.1) is 0 Å². The van der Waals surface area contributed by atoms with Gasteiger partial charge in [0, 0.05) is 6.54 Å². The normalized spacial score (nSPS) is 10.0. The molecule has 16 heavy (non-hydrogen) atoms. The van der Waals surface area contributed by atoms with Gasteiger partial charge in [0.2, 0.25) is 0 Å². The Kier molecular flexibility index (Phi) is 4.68. The van der Waals surface area contributed by atoms with Crippen LogP contribution < -0.4 is 10.1 Å². The highest BCUT2D eigenvalue weighted by atomic mass is 32.1. The second-order valence-electron chi connectivity index (χ2n) is 3.66. The van der Waals surface area contributed by atoms with Crippen molar-refractivity contribution in [3.8, 4) is 5.75 Å². The highest BCUT2D eigenvalue weighted by Crippen LogP contribution is 2.23. The number of nitrogens with one attached hydrogen (secondary N) is 1. The predicted octanol–water partition coefficient (Wildman–Crippen LogP) is 2.49. The summed E-state index contributed by atoms with van der Waals surface area (Å²) in [6.07, 6.45) is 0.808. The molecule has 0 saturated heterocycles. The van der Waals surface area contributed by atoms with Crippen LogP contribution in [0.2, 0.25) is 0 Å². The van der Waals surface area contributed by atoms with Crippen molar-refractivity contribution in [2.24, 2.45) is 0 Å². The van der Waals surface area contributed by atoms with Crippen molar-refractivity contribution in [1.29, 1.82) is 0 Å². The zero-order valence-electron chi connectivity index (χ0n) is 9.83. The maximum Gasteiger partial charge on any atom is 0.275 e. The Bertz CT molecular complexity index is 391. The smallest absolute Gasteiger partial charge is 0.275 e. The molecule has 0 saturated carbocycles. The van der Waals surface area contributed by atoms with E-state index in [1.54, 1.807) is 7.11 Å². The topological polar surface area (TPSA) is 38.3 Å². The SMILES string of the molecule is COc1ccc(CCNC(=O)S)c(C)c1C. The molecule has 0 aliphatic rings. The van der Waals surface area contributed by atoms with Crippen molar-refractivity contribution < 1.29 is 9.53 Å². The molecule has 0 aliphatic heterocycles. The molecule has 0 atom stereocenters. The number of carbonyl (C=O) groups excluding carboxylic acids is 1. The van der Waals surface area contributed by atoms with Crippen molar-refractivity contribution >= 4 is 17.9 Å². The zero-order valence-corrected chi connectivity index (χ0v) is 10.7. The van der Waals surface area contributed by atoms with E-state index < -0.39 is 0 Å². The number of thiol groups is 1. The first-order valence-electron chi connectivity index (χ1n) is 5.16. The molecule has 0 bridgehead atoms.